The number of rotatable bonds is 4. The molecule has 4 heterocycles. The molecule has 0 unspecified atom stereocenters. The van der Waals surface area contributed by atoms with Crippen LogP contribution in [0, 0.1) is 6.92 Å². The van der Waals surface area contributed by atoms with Crippen molar-refractivity contribution < 1.29 is 8.83 Å². The molecule has 9 aromatic rings. The van der Waals surface area contributed by atoms with E-state index in [4.69, 9.17) is 18.8 Å². The molecular weight excluding hydrogens is 608 g/mol. The Kier molecular flexibility index (Phi) is 5.70. The van der Waals surface area contributed by atoms with Crippen molar-refractivity contribution in [1.29, 1.82) is 0 Å². The van der Waals surface area contributed by atoms with Crippen LogP contribution >= 0.6 is 0 Å². The Labute approximate surface area is 269 Å². The second-order valence-corrected chi connectivity index (χ2v) is 11.9. The van der Waals surface area contributed by atoms with Gasteiger partial charge in [0.1, 0.15) is 11.0 Å². The smallest absolute Gasteiger partial charge is 0.266 e. The fraction of sp³-hybridized carbons (Fsp3) is 0.0526. The lowest BCUT2D eigenvalue weighted by atomic mass is 10.0. The first kappa shape index (κ1) is 27.6. The highest BCUT2D eigenvalue weighted by Gasteiger charge is 2.20. The van der Waals surface area contributed by atoms with E-state index in [9.17, 15) is 19.2 Å². The largest absolute Gasteiger partial charge is 0.436 e. The second-order valence-electron chi connectivity index (χ2n) is 11.9. The van der Waals surface area contributed by atoms with Crippen LogP contribution in [0.4, 0.5) is 0 Å². The third-order valence-electron chi connectivity index (χ3n) is 8.87. The molecule has 5 aromatic carbocycles. The van der Waals surface area contributed by atoms with E-state index in [1.54, 1.807) is 24.3 Å². The maximum Gasteiger partial charge on any atom is 0.266 e. The topological polar surface area (TPSA) is 130 Å². The van der Waals surface area contributed by atoms with Crippen LogP contribution in [0.1, 0.15) is 5.56 Å². The van der Waals surface area contributed by atoms with Crippen molar-refractivity contribution in [2.24, 2.45) is 7.05 Å². The Morgan fingerprint density at radius 2 is 0.917 bits per heavy atom. The first-order valence-corrected chi connectivity index (χ1v) is 15.1. The minimum atomic E-state index is -0.565. The molecule has 10 nitrogen and oxygen atoms in total. The molecule has 230 valence electrons. The van der Waals surface area contributed by atoms with Crippen molar-refractivity contribution in [1.82, 2.24) is 19.1 Å². The summed E-state index contributed by atoms with van der Waals surface area (Å²) in [6, 6.07) is 29.1. The van der Waals surface area contributed by atoms with E-state index >= 15 is 0 Å². The van der Waals surface area contributed by atoms with Gasteiger partial charge in [-0.25, -0.2) is 14.5 Å². The Balaban J connectivity index is 1.04. The summed E-state index contributed by atoms with van der Waals surface area (Å²) in [5, 5.41) is 0.404. The lowest BCUT2D eigenvalue weighted by Crippen LogP contribution is -2.23. The molecule has 0 amide bonds. The van der Waals surface area contributed by atoms with Gasteiger partial charge < -0.3 is 8.83 Å². The fourth-order valence-corrected chi connectivity index (χ4v) is 6.24. The molecule has 48 heavy (non-hydrogen) atoms. The molecule has 0 bridgehead atoms. The molecule has 0 spiro atoms. The molecule has 10 heteroatoms. The minimum absolute atomic E-state index is 0.0865. The normalized spacial score (nSPS) is 11.9. The number of hydrogen-bond donors (Lipinski definition) is 0. The molecular formula is C38H22N4O6. The zero-order valence-electron chi connectivity index (χ0n) is 25.5. The fourth-order valence-electron chi connectivity index (χ4n) is 6.24. The Bertz CT molecular complexity index is 2910. The summed E-state index contributed by atoms with van der Waals surface area (Å²) >= 11 is 0. The van der Waals surface area contributed by atoms with Gasteiger partial charge in [0, 0.05) is 18.2 Å². The molecule has 0 saturated carbocycles. The van der Waals surface area contributed by atoms with Crippen molar-refractivity contribution in [3.63, 3.8) is 0 Å². The maximum absolute atomic E-state index is 13.3. The number of hydrogen-bond acceptors (Lipinski definition) is 8. The van der Waals surface area contributed by atoms with Crippen molar-refractivity contribution in [2.45, 2.75) is 6.92 Å². The number of aromatic nitrogens is 4. The quantitative estimate of drug-likeness (QED) is 0.230. The molecule has 0 N–H and O–H groups in total. The first-order chi connectivity index (χ1) is 23.2. The highest BCUT2D eigenvalue weighted by Crippen LogP contribution is 2.32. The standard InChI is InChI=1S/C38H22N4O6/c1-19-3-5-20(6-4-19)33-39-29-15-22(9-13-31(29)47-33)23-10-14-32-30(16-23)40-34(48-32)21-7-11-24(12-8-21)42-37(45)27-17-25-26(18-28(27)38(42)46)36(44)41(2)35(25)43/h3-18H,1-2H3. The van der Waals surface area contributed by atoms with Gasteiger partial charge in [0.15, 0.2) is 11.2 Å². The zero-order valence-corrected chi connectivity index (χ0v) is 25.5. The summed E-state index contributed by atoms with van der Waals surface area (Å²) in [5.74, 6) is 0.945. The van der Waals surface area contributed by atoms with E-state index in [0.717, 1.165) is 31.3 Å². The van der Waals surface area contributed by atoms with Gasteiger partial charge in [-0.3, -0.25) is 23.7 Å². The van der Waals surface area contributed by atoms with E-state index in [1.807, 2.05) is 67.6 Å². The van der Waals surface area contributed by atoms with Crippen molar-refractivity contribution in [2.75, 3.05) is 0 Å². The van der Waals surface area contributed by atoms with Gasteiger partial charge >= 0.3 is 0 Å². The van der Waals surface area contributed by atoms with Crippen molar-refractivity contribution in [3.8, 4) is 39.7 Å². The van der Waals surface area contributed by atoms with E-state index in [2.05, 4.69) is 0 Å². The van der Waals surface area contributed by atoms with Crippen LogP contribution in [-0.2, 0) is 7.05 Å². The van der Waals surface area contributed by atoms with Crippen LogP contribution in [0.5, 0.6) is 0 Å². The Hall–Kier alpha value is -6.68. The lowest BCUT2D eigenvalue weighted by molar-refractivity contribution is 0.619. The maximum atomic E-state index is 13.3. The zero-order chi connectivity index (χ0) is 32.8. The summed E-state index contributed by atoms with van der Waals surface area (Å²) in [6.45, 7) is 2.04. The predicted molar refractivity (Wildman–Crippen MR) is 183 cm³/mol. The summed E-state index contributed by atoms with van der Waals surface area (Å²) in [6.07, 6.45) is 0. The Morgan fingerprint density at radius 1 is 0.500 bits per heavy atom. The average molecular weight is 631 g/mol. The number of benzene rings is 5. The van der Waals surface area contributed by atoms with Crippen LogP contribution < -0.4 is 22.2 Å². The van der Waals surface area contributed by atoms with Crippen LogP contribution in [-0.4, -0.2) is 19.1 Å². The lowest BCUT2D eigenvalue weighted by Gasteiger charge is -2.01. The number of fused-ring (bicyclic) bond motifs is 4. The summed E-state index contributed by atoms with van der Waals surface area (Å²) in [5.41, 5.74) is 5.54. The molecule has 0 aliphatic carbocycles. The summed E-state index contributed by atoms with van der Waals surface area (Å²) < 4.78 is 14.1. The van der Waals surface area contributed by atoms with Crippen LogP contribution in [0.25, 0.3) is 83.5 Å². The monoisotopic (exact) mass is 630 g/mol. The summed E-state index contributed by atoms with van der Waals surface area (Å²) in [7, 11) is 1.37. The Morgan fingerprint density at radius 3 is 1.40 bits per heavy atom. The van der Waals surface area contributed by atoms with E-state index in [0.29, 0.717) is 39.7 Å². The SMILES string of the molecule is Cc1ccc(-c2nc3cc(-c4ccc5oc(-c6ccc(-n7c(=O)c8cc9c(=O)n(C)c(=O)c9cc8c7=O)cc6)nc5c4)ccc3o2)cc1. The van der Waals surface area contributed by atoms with Gasteiger partial charge in [-0.15, -0.1) is 0 Å². The highest BCUT2D eigenvalue weighted by atomic mass is 16.4. The molecule has 0 atom stereocenters. The second kappa shape index (κ2) is 9.91. The molecule has 0 radical (unpaired) electrons. The van der Waals surface area contributed by atoms with E-state index < -0.39 is 22.2 Å². The van der Waals surface area contributed by atoms with E-state index in [1.165, 1.54) is 24.7 Å². The third-order valence-corrected chi connectivity index (χ3v) is 8.87. The van der Waals surface area contributed by atoms with Crippen molar-refractivity contribution >= 4 is 43.7 Å². The predicted octanol–water partition coefficient (Wildman–Crippen LogP) is 6.03. The van der Waals surface area contributed by atoms with Gasteiger partial charge in [0.25, 0.3) is 22.2 Å². The average Bonchev–Trinajstić information content (AvgIpc) is 3.84. The van der Waals surface area contributed by atoms with Gasteiger partial charge in [0.05, 0.1) is 27.2 Å². The van der Waals surface area contributed by atoms with E-state index in [-0.39, 0.29) is 21.5 Å². The molecule has 0 fully saturated rings. The van der Waals surface area contributed by atoms with Gasteiger partial charge in [-0.1, -0.05) is 29.8 Å². The molecule has 0 saturated heterocycles. The first-order valence-electron chi connectivity index (χ1n) is 15.1. The number of nitrogens with zero attached hydrogens (tertiary/aromatic N) is 4. The highest BCUT2D eigenvalue weighted by molar-refractivity contribution is 5.98. The molecule has 9 rings (SSSR count). The van der Waals surface area contributed by atoms with Crippen LogP contribution in [0.15, 0.2) is 125 Å². The van der Waals surface area contributed by atoms with Gasteiger partial charge in [-0.2, -0.15) is 0 Å². The van der Waals surface area contributed by atoms with Gasteiger partial charge in [-0.05, 0) is 90.8 Å². The molecule has 0 aliphatic heterocycles. The van der Waals surface area contributed by atoms with Crippen molar-refractivity contribution in [3.05, 3.63) is 144 Å². The summed E-state index contributed by atoms with van der Waals surface area (Å²) in [4.78, 5) is 60.9. The molecule has 4 aromatic heterocycles. The van der Waals surface area contributed by atoms with Crippen LogP contribution in [0.3, 0.4) is 0 Å². The molecule has 0 aliphatic rings. The van der Waals surface area contributed by atoms with Crippen LogP contribution in [0.2, 0.25) is 0 Å². The minimum Gasteiger partial charge on any atom is -0.436 e. The number of oxazole rings is 2. The van der Waals surface area contributed by atoms with Gasteiger partial charge in [0.2, 0.25) is 11.8 Å². The third kappa shape index (κ3) is 4.06. The number of aryl methyl sites for hydroxylation is 1.